The zero-order chi connectivity index (χ0) is 13.9. The van der Waals surface area contributed by atoms with Crippen molar-refractivity contribution >= 4 is 5.78 Å². The first kappa shape index (κ1) is 14.1. The van der Waals surface area contributed by atoms with Gasteiger partial charge in [-0.3, -0.25) is 4.79 Å². The Kier molecular flexibility index (Phi) is 4.28. The van der Waals surface area contributed by atoms with Crippen LogP contribution >= 0.6 is 0 Å². The molecule has 0 heterocycles. The molecule has 0 amide bonds. The Morgan fingerprint density at radius 2 is 2.16 bits per heavy atom. The van der Waals surface area contributed by atoms with Crippen LogP contribution in [0.5, 0.6) is 5.75 Å². The second-order valence-electron chi connectivity index (χ2n) is 6.25. The van der Waals surface area contributed by atoms with Gasteiger partial charge in [0.2, 0.25) is 0 Å². The van der Waals surface area contributed by atoms with Gasteiger partial charge in [-0.2, -0.15) is 0 Å². The fourth-order valence-electron chi connectivity index (χ4n) is 3.19. The minimum Gasteiger partial charge on any atom is -0.497 e. The van der Waals surface area contributed by atoms with Gasteiger partial charge in [0.05, 0.1) is 7.11 Å². The van der Waals surface area contributed by atoms with Gasteiger partial charge in [0.15, 0.2) is 0 Å². The first-order valence-corrected chi connectivity index (χ1v) is 7.18. The largest absolute Gasteiger partial charge is 0.497 e. The highest BCUT2D eigenvalue weighted by atomic mass is 16.5. The number of Topliss-reactive ketones (excluding diaryl/α,β-unsaturated/α-hetero) is 1. The summed E-state index contributed by atoms with van der Waals surface area (Å²) in [4.78, 5) is 12.1. The van der Waals surface area contributed by atoms with Crippen LogP contribution in [0.25, 0.3) is 0 Å². The predicted octanol–water partition coefficient (Wildman–Crippen LogP) is 4.02. The van der Waals surface area contributed by atoms with Gasteiger partial charge >= 0.3 is 0 Å². The first-order valence-electron chi connectivity index (χ1n) is 7.18. The molecule has 1 aromatic carbocycles. The molecular formula is C17H24O2. The lowest BCUT2D eigenvalue weighted by atomic mass is 9.66. The molecule has 2 rings (SSSR count). The van der Waals surface area contributed by atoms with E-state index in [-0.39, 0.29) is 11.3 Å². The van der Waals surface area contributed by atoms with E-state index in [1.165, 1.54) is 12.0 Å². The van der Waals surface area contributed by atoms with Crippen molar-refractivity contribution < 1.29 is 9.53 Å². The van der Waals surface area contributed by atoms with Gasteiger partial charge in [-0.25, -0.2) is 0 Å². The van der Waals surface area contributed by atoms with Crippen LogP contribution < -0.4 is 4.74 Å². The topological polar surface area (TPSA) is 26.3 Å². The van der Waals surface area contributed by atoms with Gasteiger partial charge in [-0.1, -0.05) is 26.0 Å². The number of ether oxygens (including phenoxy) is 1. The van der Waals surface area contributed by atoms with Crippen LogP contribution in [0.1, 0.15) is 45.1 Å². The number of hydrogen-bond acceptors (Lipinski definition) is 2. The zero-order valence-corrected chi connectivity index (χ0v) is 12.2. The molecule has 104 valence electrons. The molecule has 0 aliphatic heterocycles. The summed E-state index contributed by atoms with van der Waals surface area (Å²) in [5, 5.41) is 0. The predicted molar refractivity (Wildman–Crippen MR) is 77.4 cm³/mol. The van der Waals surface area contributed by atoms with E-state index in [1.54, 1.807) is 7.11 Å². The maximum Gasteiger partial charge on any atom is 0.136 e. The minimum absolute atomic E-state index is 0.161. The molecule has 1 aliphatic carbocycles. The number of aryl methyl sites for hydroxylation is 1. The molecule has 0 saturated heterocycles. The van der Waals surface area contributed by atoms with Crippen molar-refractivity contribution in [3.63, 3.8) is 0 Å². The fourth-order valence-corrected chi connectivity index (χ4v) is 3.19. The van der Waals surface area contributed by atoms with E-state index < -0.39 is 0 Å². The smallest absolute Gasteiger partial charge is 0.136 e. The van der Waals surface area contributed by atoms with Gasteiger partial charge < -0.3 is 4.74 Å². The van der Waals surface area contributed by atoms with E-state index in [0.717, 1.165) is 31.4 Å². The Bertz CT molecular complexity index is 448. The monoisotopic (exact) mass is 260 g/mol. The molecule has 1 saturated carbocycles. The Balaban J connectivity index is 2.02. The van der Waals surface area contributed by atoms with Crippen molar-refractivity contribution in [3.8, 4) is 5.75 Å². The Hall–Kier alpha value is -1.31. The number of rotatable bonds is 4. The molecule has 19 heavy (non-hydrogen) atoms. The number of hydrogen-bond donors (Lipinski definition) is 0. The standard InChI is InChI=1S/C17H24O2/c1-17(2)11-5-8-16(18)15(17)10-9-13-6-4-7-14(12-13)19-3/h4,6-7,12,15H,5,8-11H2,1-3H3. The lowest BCUT2D eigenvalue weighted by Crippen LogP contribution is -2.35. The molecule has 0 radical (unpaired) electrons. The summed E-state index contributed by atoms with van der Waals surface area (Å²) in [5.41, 5.74) is 1.42. The van der Waals surface area contributed by atoms with E-state index in [0.29, 0.717) is 5.78 Å². The summed E-state index contributed by atoms with van der Waals surface area (Å²) in [6.07, 6.45) is 4.91. The molecule has 1 aromatic rings. The highest BCUT2D eigenvalue weighted by molar-refractivity contribution is 5.82. The van der Waals surface area contributed by atoms with Crippen LogP contribution in [0, 0.1) is 11.3 Å². The Labute approximate surface area is 116 Å². The third-order valence-corrected chi connectivity index (χ3v) is 4.43. The second kappa shape index (κ2) is 5.77. The molecule has 0 aromatic heterocycles. The van der Waals surface area contributed by atoms with Crippen LogP contribution in [0.4, 0.5) is 0 Å². The fraction of sp³-hybridized carbons (Fsp3) is 0.588. The molecule has 0 spiro atoms. The highest BCUT2D eigenvalue weighted by Crippen LogP contribution is 2.40. The van der Waals surface area contributed by atoms with Gasteiger partial charge in [-0.05, 0) is 48.8 Å². The van der Waals surface area contributed by atoms with Crippen molar-refractivity contribution in [2.24, 2.45) is 11.3 Å². The van der Waals surface area contributed by atoms with Crippen LogP contribution in [0.3, 0.4) is 0 Å². The molecule has 2 nitrogen and oxygen atoms in total. The van der Waals surface area contributed by atoms with Gasteiger partial charge in [-0.15, -0.1) is 0 Å². The maximum atomic E-state index is 12.1. The lowest BCUT2D eigenvalue weighted by molar-refractivity contribution is -0.129. The number of benzene rings is 1. The van der Waals surface area contributed by atoms with Crippen molar-refractivity contribution in [1.29, 1.82) is 0 Å². The molecule has 1 aliphatic rings. The first-order chi connectivity index (χ1) is 9.03. The lowest BCUT2D eigenvalue weighted by Gasteiger charge is -2.37. The van der Waals surface area contributed by atoms with Crippen LogP contribution in [0.2, 0.25) is 0 Å². The number of ketones is 1. The van der Waals surface area contributed by atoms with Gasteiger partial charge in [0.1, 0.15) is 11.5 Å². The van der Waals surface area contributed by atoms with Crippen molar-refractivity contribution in [1.82, 2.24) is 0 Å². The summed E-state index contributed by atoms with van der Waals surface area (Å²) in [7, 11) is 1.69. The molecule has 2 heteroatoms. The average molecular weight is 260 g/mol. The summed E-state index contributed by atoms with van der Waals surface area (Å²) in [6, 6.07) is 8.16. The van der Waals surface area contributed by atoms with Crippen LogP contribution in [0.15, 0.2) is 24.3 Å². The molecule has 1 unspecified atom stereocenters. The van der Waals surface area contributed by atoms with Crippen molar-refractivity contribution in [2.75, 3.05) is 7.11 Å². The molecule has 1 fully saturated rings. The van der Waals surface area contributed by atoms with E-state index >= 15 is 0 Å². The van der Waals surface area contributed by atoms with Gasteiger partial charge in [0.25, 0.3) is 0 Å². The van der Waals surface area contributed by atoms with Crippen LogP contribution in [-0.2, 0) is 11.2 Å². The molecular weight excluding hydrogens is 236 g/mol. The summed E-state index contributed by atoms with van der Waals surface area (Å²) in [5.74, 6) is 1.57. The second-order valence-corrected chi connectivity index (χ2v) is 6.25. The Morgan fingerprint density at radius 3 is 2.84 bits per heavy atom. The highest BCUT2D eigenvalue weighted by Gasteiger charge is 2.37. The molecule has 0 bridgehead atoms. The third-order valence-electron chi connectivity index (χ3n) is 4.43. The maximum absolute atomic E-state index is 12.1. The summed E-state index contributed by atoms with van der Waals surface area (Å²) < 4.78 is 5.24. The number of carbonyl (C=O) groups is 1. The number of methoxy groups -OCH3 is 1. The van der Waals surface area contributed by atoms with E-state index in [2.05, 4.69) is 26.0 Å². The number of carbonyl (C=O) groups excluding carboxylic acids is 1. The summed E-state index contributed by atoms with van der Waals surface area (Å²) >= 11 is 0. The average Bonchev–Trinajstić information content (AvgIpc) is 2.37. The van der Waals surface area contributed by atoms with E-state index in [1.807, 2.05) is 12.1 Å². The Morgan fingerprint density at radius 1 is 1.37 bits per heavy atom. The van der Waals surface area contributed by atoms with E-state index in [9.17, 15) is 4.79 Å². The van der Waals surface area contributed by atoms with Crippen molar-refractivity contribution in [3.05, 3.63) is 29.8 Å². The zero-order valence-electron chi connectivity index (χ0n) is 12.2. The quantitative estimate of drug-likeness (QED) is 0.817. The van der Waals surface area contributed by atoms with E-state index in [4.69, 9.17) is 4.74 Å². The van der Waals surface area contributed by atoms with Crippen LogP contribution in [-0.4, -0.2) is 12.9 Å². The molecule has 1 atom stereocenters. The minimum atomic E-state index is 0.161. The molecule has 0 N–H and O–H groups in total. The normalized spacial score (nSPS) is 22.3. The van der Waals surface area contributed by atoms with Gasteiger partial charge in [0, 0.05) is 12.3 Å². The summed E-state index contributed by atoms with van der Waals surface area (Å²) in [6.45, 7) is 4.47. The third kappa shape index (κ3) is 3.37. The SMILES string of the molecule is COc1cccc(CCC2C(=O)CCCC2(C)C)c1. The van der Waals surface area contributed by atoms with Crippen molar-refractivity contribution in [2.45, 2.75) is 46.0 Å².